The van der Waals surface area contributed by atoms with Gasteiger partial charge in [-0.2, -0.15) is 0 Å². The van der Waals surface area contributed by atoms with Gasteiger partial charge in [0.1, 0.15) is 6.10 Å². The first-order valence-corrected chi connectivity index (χ1v) is 13.5. The summed E-state index contributed by atoms with van der Waals surface area (Å²) in [5.41, 5.74) is 14.9. The van der Waals surface area contributed by atoms with Gasteiger partial charge < -0.3 is 25.7 Å². The van der Waals surface area contributed by atoms with Crippen LogP contribution < -0.4 is 11.5 Å². The molecular formula is C31H40N2O5. The summed E-state index contributed by atoms with van der Waals surface area (Å²) in [6.45, 7) is 4.75. The molecule has 0 spiro atoms. The monoisotopic (exact) mass is 520 g/mol. The Hall–Kier alpha value is -3.58. The molecular weight excluding hydrogens is 480 g/mol. The van der Waals surface area contributed by atoms with Crippen molar-refractivity contribution in [3.05, 3.63) is 77.9 Å². The van der Waals surface area contributed by atoms with E-state index in [1.165, 1.54) is 18.9 Å². The second kappa shape index (κ2) is 15.6. The van der Waals surface area contributed by atoms with Crippen LogP contribution in [0.25, 0.3) is 6.08 Å². The van der Waals surface area contributed by atoms with Gasteiger partial charge in [-0.3, -0.25) is 0 Å². The molecule has 3 rings (SSSR count). The van der Waals surface area contributed by atoms with Crippen molar-refractivity contribution in [2.75, 3.05) is 24.7 Å². The maximum Gasteiger partial charge on any atom is 0.338 e. The van der Waals surface area contributed by atoms with Crippen LogP contribution in [0.4, 0.5) is 11.4 Å². The third kappa shape index (κ3) is 10.1. The van der Waals surface area contributed by atoms with E-state index in [2.05, 4.69) is 6.58 Å². The molecule has 0 amide bonds. The molecule has 0 unspecified atom stereocenters. The summed E-state index contributed by atoms with van der Waals surface area (Å²) in [5.74, 6) is -0.775. The van der Waals surface area contributed by atoms with Crippen LogP contribution in [0, 0.1) is 0 Å². The molecule has 38 heavy (non-hydrogen) atoms. The molecule has 0 bridgehead atoms. The van der Waals surface area contributed by atoms with Gasteiger partial charge in [0.15, 0.2) is 0 Å². The molecule has 4 N–H and O–H groups in total. The van der Waals surface area contributed by atoms with E-state index in [4.69, 9.17) is 25.7 Å². The van der Waals surface area contributed by atoms with E-state index in [1.807, 2.05) is 12.1 Å². The van der Waals surface area contributed by atoms with Gasteiger partial charge in [-0.1, -0.05) is 30.7 Å². The molecule has 0 aliphatic heterocycles. The summed E-state index contributed by atoms with van der Waals surface area (Å²) in [4.78, 5) is 24.6. The van der Waals surface area contributed by atoms with Crippen LogP contribution in [0.2, 0.25) is 0 Å². The standard InChI is InChI=1S/C31H40N2O5/c1-2-3-4-5-6-20-36-27-14-16-28(17-15-27)38-31(35)25-10-7-23(8-11-25)9-18-30(34)37-21-19-24-12-13-26(32)22-29(24)33/h2,7-13,18,22,27-28H,1,3-6,14-17,19-21,32-33H2/b18-9+. The molecule has 1 aliphatic carbocycles. The Morgan fingerprint density at radius 3 is 2.37 bits per heavy atom. The van der Waals surface area contributed by atoms with Gasteiger partial charge in [-0.15, -0.1) is 6.58 Å². The number of anilines is 2. The van der Waals surface area contributed by atoms with E-state index in [9.17, 15) is 9.59 Å². The van der Waals surface area contributed by atoms with Gasteiger partial charge in [-0.05, 0) is 86.4 Å². The Bertz CT molecular complexity index is 1070. The van der Waals surface area contributed by atoms with Crippen molar-refractivity contribution in [3.8, 4) is 0 Å². The summed E-state index contributed by atoms with van der Waals surface area (Å²) >= 11 is 0. The predicted molar refractivity (Wildman–Crippen MR) is 151 cm³/mol. The molecule has 204 valence electrons. The van der Waals surface area contributed by atoms with Crippen molar-refractivity contribution >= 4 is 29.4 Å². The Morgan fingerprint density at radius 1 is 0.921 bits per heavy atom. The Morgan fingerprint density at radius 2 is 1.66 bits per heavy atom. The van der Waals surface area contributed by atoms with Gasteiger partial charge in [0, 0.05) is 30.5 Å². The van der Waals surface area contributed by atoms with Crippen molar-refractivity contribution in [2.24, 2.45) is 0 Å². The Balaban J connectivity index is 1.33. The number of unbranched alkanes of at least 4 members (excludes halogenated alkanes) is 3. The minimum atomic E-state index is -0.449. The highest BCUT2D eigenvalue weighted by Gasteiger charge is 2.24. The average molecular weight is 521 g/mol. The Labute approximate surface area is 225 Å². The number of carbonyl (C=O) groups is 2. The number of benzene rings is 2. The number of allylic oxidation sites excluding steroid dienone is 1. The zero-order valence-corrected chi connectivity index (χ0v) is 22.1. The minimum absolute atomic E-state index is 0.0760. The van der Waals surface area contributed by atoms with Gasteiger partial charge >= 0.3 is 11.9 Å². The van der Waals surface area contributed by atoms with E-state index < -0.39 is 5.97 Å². The van der Waals surface area contributed by atoms with E-state index >= 15 is 0 Å². The summed E-state index contributed by atoms with van der Waals surface area (Å²) < 4.78 is 17.0. The lowest BCUT2D eigenvalue weighted by molar-refractivity contribution is -0.137. The van der Waals surface area contributed by atoms with Crippen LogP contribution in [0.3, 0.4) is 0 Å². The summed E-state index contributed by atoms with van der Waals surface area (Å²) in [6.07, 6.45) is 13.6. The molecule has 0 radical (unpaired) electrons. The second-order valence-electron chi connectivity index (χ2n) is 9.64. The zero-order valence-electron chi connectivity index (χ0n) is 22.1. The third-order valence-corrected chi connectivity index (χ3v) is 6.64. The fraction of sp³-hybridized carbons (Fsp3) is 0.419. The van der Waals surface area contributed by atoms with Gasteiger partial charge in [0.25, 0.3) is 0 Å². The maximum absolute atomic E-state index is 12.6. The lowest BCUT2D eigenvalue weighted by Gasteiger charge is -2.28. The number of nitrogen functional groups attached to an aromatic ring is 2. The SMILES string of the molecule is C=CCCCCCOC1CCC(OC(=O)c2ccc(/C=C/C(=O)OCCc3ccc(N)cc3N)cc2)CC1. The normalized spacial score (nSPS) is 17.3. The second-order valence-corrected chi connectivity index (χ2v) is 9.64. The van der Waals surface area contributed by atoms with Crippen molar-refractivity contribution in [3.63, 3.8) is 0 Å². The fourth-order valence-electron chi connectivity index (χ4n) is 4.40. The first-order valence-electron chi connectivity index (χ1n) is 13.5. The lowest BCUT2D eigenvalue weighted by atomic mass is 9.95. The van der Waals surface area contributed by atoms with E-state index in [0.717, 1.165) is 56.3 Å². The summed E-state index contributed by atoms with van der Waals surface area (Å²) in [7, 11) is 0. The quantitative estimate of drug-likeness (QED) is 0.105. The number of ether oxygens (including phenoxy) is 3. The molecule has 0 aromatic heterocycles. The number of rotatable bonds is 14. The average Bonchev–Trinajstić information content (AvgIpc) is 2.92. The molecule has 0 heterocycles. The van der Waals surface area contributed by atoms with Crippen molar-refractivity contribution < 1.29 is 23.8 Å². The fourth-order valence-corrected chi connectivity index (χ4v) is 4.40. The molecule has 2 aromatic rings. The largest absolute Gasteiger partial charge is 0.462 e. The topological polar surface area (TPSA) is 114 Å². The minimum Gasteiger partial charge on any atom is -0.462 e. The highest BCUT2D eigenvalue weighted by molar-refractivity contribution is 5.90. The Kier molecular flexibility index (Phi) is 11.9. The third-order valence-electron chi connectivity index (χ3n) is 6.64. The molecule has 1 fully saturated rings. The highest BCUT2D eigenvalue weighted by Crippen LogP contribution is 2.25. The van der Waals surface area contributed by atoms with Gasteiger partial charge in [-0.25, -0.2) is 9.59 Å². The van der Waals surface area contributed by atoms with Crippen molar-refractivity contribution in [2.45, 2.75) is 70.0 Å². The number of hydrogen-bond donors (Lipinski definition) is 2. The molecule has 1 saturated carbocycles. The van der Waals surface area contributed by atoms with Crippen molar-refractivity contribution in [1.82, 2.24) is 0 Å². The van der Waals surface area contributed by atoms with Crippen LogP contribution in [0.5, 0.6) is 0 Å². The zero-order chi connectivity index (χ0) is 27.2. The van der Waals surface area contributed by atoms with Gasteiger partial charge in [0.05, 0.1) is 18.3 Å². The number of carbonyl (C=O) groups excluding carboxylic acids is 2. The van der Waals surface area contributed by atoms with Gasteiger partial charge in [0.2, 0.25) is 0 Å². The number of esters is 2. The lowest BCUT2D eigenvalue weighted by Crippen LogP contribution is -2.28. The van der Waals surface area contributed by atoms with E-state index in [-0.39, 0.29) is 24.8 Å². The van der Waals surface area contributed by atoms with Crippen molar-refractivity contribution in [1.29, 1.82) is 0 Å². The molecule has 1 aliphatic rings. The predicted octanol–water partition coefficient (Wildman–Crippen LogP) is 5.88. The van der Waals surface area contributed by atoms with Crippen LogP contribution in [-0.4, -0.2) is 37.4 Å². The number of hydrogen-bond acceptors (Lipinski definition) is 7. The molecule has 2 aromatic carbocycles. The van der Waals surface area contributed by atoms with Crippen LogP contribution >= 0.6 is 0 Å². The molecule has 7 heteroatoms. The highest BCUT2D eigenvalue weighted by atomic mass is 16.5. The van der Waals surface area contributed by atoms with Crippen LogP contribution in [0.1, 0.15) is 72.9 Å². The maximum atomic E-state index is 12.6. The number of nitrogens with two attached hydrogens (primary N) is 2. The molecule has 7 nitrogen and oxygen atoms in total. The summed E-state index contributed by atoms with van der Waals surface area (Å²) in [5, 5.41) is 0. The van der Waals surface area contributed by atoms with Crippen LogP contribution in [0.15, 0.2) is 61.2 Å². The van der Waals surface area contributed by atoms with E-state index in [1.54, 1.807) is 42.5 Å². The van der Waals surface area contributed by atoms with E-state index in [0.29, 0.717) is 23.4 Å². The first kappa shape index (κ1) is 29.0. The smallest absolute Gasteiger partial charge is 0.338 e. The summed E-state index contributed by atoms with van der Waals surface area (Å²) in [6, 6.07) is 12.2. The molecule has 0 atom stereocenters. The molecule has 0 saturated heterocycles. The first-order chi connectivity index (χ1) is 18.4. The van der Waals surface area contributed by atoms with Crippen LogP contribution in [-0.2, 0) is 25.4 Å².